The van der Waals surface area contributed by atoms with Crippen LogP contribution in [0.1, 0.15) is 0 Å². The molecular weight excluding hydrogens is 551 g/mol. The number of aromatic nitrogens is 2. The van der Waals surface area contributed by atoms with Crippen molar-refractivity contribution in [2.24, 2.45) is 0 Å². The zero-order chi connectivity index (χ0) is 28.3. The molecule has 0 saturated heterocycles. The Morgan fingerprint density at radius 1 is 0.568 bits per heavy atom. The second-order valence-corrected chi connectivity index (χ2v) is 13.4. The summed E-state index contributed by atoms with van der Waals surface area (Å²) < 4.78 is 5.31. The van der Waals surface area contributed by atoms with E-state index >= 15 is 0 Å². The fraction of sp³-hybridized carbons (Fsp3) is 0. The van der Waals surface area contributed by atoms with Crippen LogP contribution in [0.15, 0.2) is 115 Å². The molecule has 0 bridgehead atoms. The highest BCUT2D eigenvalue weighted by molar-refractivity contribution is 7.27. The molecule has 4 aromatic heterocycles. The molecule has 0 fully saturated rings. The number of rotatable bonds is 1. The number of fused-ring (bicyclic) bond motifs is 10. The van der Waals surface area contributed by atoms with E-state index in [1.165, 1.54) is 113 Å². The number of benzene rings is 7. The Hall–Kier alpha value is -5.32. The lowest BCUT2D eigenvalue weighted by Gasteiger charge is -2.20. The predicted octanol–water partition coefficient (Wildman–Crippen LogP) is 9.63. The maximum Gasteiger partial charge on any atom is 0.197 e. The molecule has 0 atom stereocenters. The molecule has 0 unspecified atom stereocenters. The molecule has 1 radical (unpaired) electrons. The van der Waals surface area contributed by atoms with Gasteiger partial charge in [0.25, 0.3) is 0 Å². The Labute approximate surface area is 255 Å². The molecule has 0 saturated carbocycles. The van der Waals surface area contributed by atoms with Crippen molar-refractivity contribution < 1.29 is 0 Å². The van der Waals surface area contributed by atoms with E-state index in [1.807, 2.05) is 11.3 Å². The Balaban J connectivity index is 1.36. The number of hydrogen-bond acceptors (Lipinski definition) is 1. The molecule has 0 spiro atoms. The topological polar surface area (TPSA) is 20.2 Å². The molecule has 11 aromatic rings. The smallest absolute Gasteiger partial charge is 0.197 e. The summed E-state index contributed by atoms with van der Waals surface area (Å²) in [4.78, 5) is 3.91. The quantitative estimate of drug-likeness (QED) is 0.189. The molecule has 1 N–H and O–H groups in total. The van der Waals surface area contributed by atoms with Gasteiger partial charge in [-0.25, -0.2) is 0 Å². The van der Waals surface area contributed by atoms with Gasteiger partial charge in [-0.3, -0.25) is 0 Å². The van der Waals surface area contributed by atoms with Crippen LogP contribution in [0.4, 0.5) is 0 Å². The third kappa shape index (κ3) is 2.43. The second-order valence-electron chi connectivity index (χ2n) is 12.3. The Bertz CT molecular complexity index is 3080. The number of hydrogen-bond donors (Lipinski definition) is 1. The van der Waals surface area contributed by atoms with E-state index < -0.39 is 0 Å². The summed E-state index contributed by atoms with van der Waals surface area (Å²) >= 11 is 1.94. The summed E-state index contributed by atoms with van der Waals surface area (Å²) in [6, 6.07) is 42.9. The SMILES string of the molecule is [B]1c2cccc3c4cccc5c6c7sc8ccccc8c7c(-c7cccc8c7[nH]c7cc9ccccc9cc78)c1c6n(c23)c45. The van der Waals surface area contributed by atoms with Crippen LogP contribution in [0.25, 0.3) is 102 Å². The highest BCUT2D eigenvalue weighted by Gasteiger charge is 2.31. The number of aromatic amines is 1. The molecule has 1 aliphatic heterocycles. The van der Waals surface area contributed by atoms with Crippen LogP contribution in [0, 0.1) is 0 Å². The van der Waals surface area contributed by atoms with E-state index in [0.717, 1.165) is 0 Å². The van der Waals surface area contributed by atoms with Crippen LogP contribution in [0.3, 0.4) is 0 Å². The Morgan fingerprint density at radius 3 is 2.23 bits per heavy atom. The summed E-state index contributed by atoms with van der Waals surface area (Å²) in [5, 5.41) is 13.2. The van der Waals surface area contributed by atoms with Crippen LogP contribution in [-0.4, -0.2) is 16.7 Å². The van der Waals surface area contributed by atoms with Crippen LogP contribution >= 0.6 is 11.3 Å². The first-order valence-electron chi connectivity index (χ1n) is 15.2. The van der Waals surface area contributed by atoms with Crippen molar-refractivity contribution in [1.82, 2.24) is 9.38 Å². The number of nitrogens with zero attached hydrogens (tertiary/aromatic N) is 1. The summed E-state index contributed by atoms with van der Waals surface area (Å²) in [5.74, 6) is 0. The average molecular weight is 571 g/mol. The van der Waals surface area contributed by atoms with Gasteiger partial charge in [0, 0.05) is 69.1 Å². The minimum absolute atomic E-state index is 1.18. The highest BCUT2D eigenvalue weighted by Crippen LogP contribution is 2.49. The van der Waals surface area contributed by atoms with Crippen molar-refractivity contribution in [3.8, 4) is 11.1 Å². The van der Waals surface area contributed by atoms with Crippen molar-refractivity contribution in [3.63, 3.8) is 0 Å². The first kappa shape index (κ1) is 22.3. The summed E-state index contributed by atoms with van der Waals surface area (Å²) in [6.07, 6.45) is 0. The van der Waals surface area contributed by atoms with Gasteiger partial charge < -0.3 is 9.38 Å². The molecule has 12 rings (SSSR count). The summed E-state index contributed by atoms with van der Waals surface area (Å²) in [7, 11) is 2.47. The van der Waals surface area contributed by atoms with Gasteiger partial charge in [-0.15, -0.1) is 11.3 Å². The fourth-order valence-electron chi connectivity index (χ4n) is 8.53. The predicted molar refractivity (Wildman–Crippen MR) is 191 cm³/mol. The molecule has 199 valence electrons. The number of nitrogens with one attached hydrogen (secondary N) is 1. The number of thiophene rings is 1. The summed E-state index contributed by atoms with van der Waals surface area (Å²) in [5.41, 5.74) is 11.6. The van der Waals surface area contributed by atoms with Gasteiger partial charge in [-0.1, -0.05) is 103 Å². The standard InChI is InChI=1S/C40H20BN2S/c1-2-9-21-19-30-28(18-20(21)8-1)22-11-5-14-26(36(22)42-30)32-33-25-10-3-4-17-31(25)44-40(33)34-27-15-6-12-23-24-13-7-16-29-38(24)43(37(23)27)39(34)35(32)41-29/h1-19,42H. The van der Waals surface area contributed by atoms with Gasteiger partial charge in [0.15, 0.2) is 7.28 Å². The van der Waals surface area contributed by atoms with E-state index in [-0.39, 0.29) is 0 Å². The first-order chi connectivity index (χ1) is 21.8. The Morgan fingerprint density at radius 2 is 1.30 bits per heavy atom. The van der Waals surface area contributed by atoms with E-state index in [9.17, 15) is 0 Å². The maximum atomic E-state index is 3.91. The minimum atomic E-state index is 1.18. The van der Waals surface area contributed by atoms with Crippen molar-refractivity contribution in [2.75, 3.05) is 0 Å². The minimum Gasteiger partial charge on any atom is -0.354 e. The lowest BCUT2D eigenvalue weighted by Crippen LogP contribution is -2.34. The largest absolute Gasteiger partial charge is 0.354 e. The zero-order valence-electron chi connectivity index (χ0n) is 23.4. The van der Waals surface area contributed by atoms with E-state index in [2.05, 4.69) is 132 Å². The molecule has 4 heteroatoms. The van der Waals surface area contributed by atoms with Crippen molar-refractivity contribution in [1.29, 1.82) is 0 Å². The van der Waals surface area contributed by atoms with Crippen LogP contribution < -0.4 is 10.9 Å². The lowest BCUT2D eigenvalue weighted by molar-refractivity contribution is 1.38. The van der Waals surface area contributed by atoms with Gasteiger partial charge in [-0.2, -0.15) is 0 Å². The highest BCUT2D eigenvalue weighted by atomic mass is 32.1. The molecule has 44 heavy (non-hydrogen) atoms. The first-order valence-corrected chi connectivity index (χ1v) is 16.0. The Kier molecular flexibility index (Phi) is 3.75. The van der Waals surface area contributed by atoms with Gasteiger partial charge in [0.2, 0.25) is 0 Å². The van der Waals surface area contributed by atoms with Gasteiger partial charge >= 0.3 is 0 Å². The van der Waals surface area contributed by atoms with Crippen LogP contribution in [0.5, 0.6) is 0 Å². The maximum absolute atomic E-state index is 3.91. The second kappa shape index (κ2) is 7.42. The zero-order valence-corrected chi connectivity index (χ0v) is 24.2. The van der Waals surface area contributed by atoms with Crippen molar-refractivity contribution >= 4 is 120 Å². The third-order valence-corrected chi connectivity index (χ3v) is 11.4. The summed E-state index contributed by atoms with van der Waals surface area (Å²) in [6.45, 7) is 0. The van der Waals surface area contributed by atoms with E-state index in [1.54, 1.807) is 0 Å². The molecular formula is C40H20BN2S. The monoisotopic (exact) mass is 571 g/mol. The molecule has 2 nitrogen and oxygen atoms in total. The normalized spacial score (nSPS) is 13.2. The van der Waals surface area contributed by atoms with Crippen LogP contribution in [-0.2, 0) is 0 Å². The van der Waals surface area contributed by atoms with Gasteiger partial charge in [-0.05, 0) is 40.0 Å². The molecule has 0 amide bonds. The average Bonchev–Trinajstić information content (AvgIpc) is 3.81. The fourth-order valence-corrected chi connectivity index (χ4v) is 9.80. The van der Waals surface area contributed by atoms with E-state index in [4.69, 9.17) is 0 Å². The number of para-hydroxylation sites is 3. The van der Waals surface area contributed by atoms with E-state index in [0.29, 0.717) is 0 Å². The number of H-pyrrole nitrogens is 1. The molecule has 0 aliphatic carbocycles. The molecule has 1 aliphatic rings. The lowest BCUT2D eigenvalue weighted by atomic mass is 9.59. The molecule has 5 heterocycles. The third-order valence-electron chi connectivity index (χ3n) is 10.2. The van der Waals surface area contributed by atoms with Crippen molar-refractivity contribution in [3.05, 3.63) is 115 Å². The van der Waals surface area contributed by atoms with Gasteiger partial charge in [0.1, 0.15) is 0 Å². The van der Waals surface area contributed by atoms with Crippen molar-refractivity contribution in [2.45, 2.75) is 0 Å². The molecule has 7 aromatic carbocycles. The van der Waals surface area contributed by atoms with Crippen LogP contribution in [0.2, 0.25) is 0 Å². The van der Waals surface area contributed by atoms with Gasteiger partial charge in [0.05, 0.1) is 16.6 Å².